The van der Waals surface area contributed by atoms with Crippen LogP contribution in [0.1, 0.15) is 158 Å². The van der Waals surface area contributed by atoms with Crippen LogP contribution in [0.4, 0.5) is 0 Å². The molecule has 13 aromatic carbocycles. The number of hydrogen-bond donors (Lipinski definition) is 0. The topological polar surface area (TPSA) is 27.7 Å². The molecular formula is C101H114O3. The van der Waals surface area contributed by atoms with E-state index in [1.165, 1.54) is 177 Å². The minimum absolute atomic E-state index is 0.141. The minimum atomic E-state index is -0.141. The van der Waals surface area contributed by atoms with Crippen LogP contribution in [0.2, 0.25) is 0 Å². The van der Waals surface area contributed by atoms with E-state index < -0.39 is 0 Å². The molecule has 0 aromatic heterocycles. The molecular weight excluding hydrogens is 1260 g/mol. The second kappa shape index (κ2) is 35.3. The van der Waals surface area contributed by atoms with Crippen LogP contribution >= 0.6 is 0 Å². The molecule has 0 saturated carbocycles. The zero-order valence-electron chi connectivity index (χ0n) is 67.5. The lowest BCUT2D eigenvalue weighted by Gasteiger charge is -2.26. The van der Waals surface area contributed by atoms with Crippen molar-refractivity contribution in [3.05, 3.63) is 363 Å². The van der Waals surface area contributed by atoms with Gasteiger partial charge in [0.2, 0.25) is 0 Å². The van der Waals surface area contributed by atoms with Crippen LogP contribution in [0, 0.1) is 166 Å². The van der Waals surface area contributed by atoms with E-state index in [2.05, 4.69) is 350 Å². The van der Waals surface area contributed by atoms with E-state index in [1.54, 1.807) is 0 Å². The van der Waals surface area contributed by atoms with Crippen molar-refractivity contribution in [2.45, 2.75) is 185 Å². The Morgan fingerprint density at radius 3 is 0.577 bits per heavy atom. The summed E-state index contributed by atoms with van der Waals surface area (Å²) in [5, 5.41) is 5.59. The summed E-state index contributed by atoms with van der Waals surface area (Å²) in [5.74, 6) is 5.21. The predicted molar refractivity (Wildman–Crippen MR) is 451 cm³/mol. The van der Waals surface area contributed by atoms with Crippen molar-refractivity contribution in [1.29, 1.82) is 0 Å². The molecule has 3 heteroatoms. The number of fused-ring (bicyclic) bond motifs is 2. The van der Waals surface area contributed by atoms with Crippen LogP contribution < -0.4 is 14.2 Å². The Balaban J connectivity index is 0.000000166. The maximum Gasteiger partial charge on any atom is 0.127 e. The SMILES string of the molecule is Cc1cc(C)c(C)cc1C.Cc1cc2cc(C)c(C)cc2cc1C.Cc1ccc(-c2ccc(C)c(C)c2)cc1C.Cc1ccc(C)c2c(C)ccc(C)c12.Cc1ccc(Oc2ccc(C(C)(C)c3ccc(Oc4ccc(C)c(C)c4)cc3)cc2)cc1C.Cc1ccc(Oc2ccc(C)c(C)c2)cc1C. The van der Waals surface area contributed by atoms with Crippen molar-refractivity contribution in [1.82, 2.24) is 0 Å². The Kier molecular flexibility index (Phi) is 27.0. The number of benzene rings is 13. The zero-order valence-corrected chi connectivity index (χ0v) is 67.5. The van der Waals surface area contributed by atoms with Gasteiger partial charge in [0.15, 0.2) is 0 Å². The van der Waals surface area contributed by atoms with Crippen molar-refractivity contribution in [2.24, 2.45) is 0 Å². The first-order valence-corrected chi connectivity index (χ1v) is 36.8. The van der Waals surface area contributed by atoms with Gasteiger partial charge in [-0.25, -0.2) is 0 Å². The lowest BCUT2D eigenvalue weighted by atomic mass is 9.78. The van der Waals surface area contributed by atoms with Gasteiger partial charge in [0.1, 0.15) is 34.5 Å². The molecule has 0 amide bonds. The molecule has 0 fully saturated rings. The molecule has 0 unspecified atom stereocenters. The van der Waals surface area contributed by atoms with Gasteiger partial charge < -0.3 is 14.2 Å². The molecule has 0 aliphatic heterocycles. The van der Waals surface area contributed by atoms with E-state index in [1.807, 2.05) is 48.5 Å². The lowest BCUT2D eigenvalue weighted by molar-refractivity contribution is 0.480. The average molecular weight is 1380 g/mol. The third-order valence-electron chi connectivity index (χ3n) is 21.3. The Morgan fingerprint density at radius 1 is 0.163 bits per heavy atom. The molecule has 0 saturated heterocycles. The van der Waals surface area contributed by atoms with Gasteiger partial charge in [-0.05, 0) is 416 Å². The molecule has 13 aromatic rings. The maximum absolute atomic E-state index is 6.06. The highest BCUT2D eigenvalue weighted by Gasteiger charge is 2.23. The Bertz CT molecular complexity index is 4720. The quantitative estimate of drug-likeness (QED) is 0.144. The smallest absolute Gasteiger partial charge is 0.127 e. The van der Waals surface area contributed by atoms with Crippen molar-refractivity contribution in [3.63, 3.8) is 0 Å². The van der Waals surface area contributed by atoms with Gasteiger partial charge in [0.25, 0.3) is 0 Å². The molecule has 0 radical (unpaired) electrons. The van der Waals surface area contributed by atoms with Crippen LogP contribution in [0.5, 0.6) is 34.5 Å². The van der Waals surface area contributed by atoms with E-state index >= 15 is 0 Å². The van der Waals surface area contributed by atoms with Crippen LogP contribution in [0.25, 0.3) is 32.7 Å². The van der Waals surface area contributed by atoms with E-state index in [4.69, 9.17) is 14.2 Å². The molecule has 536 valence electrons. The summed E-state index contributed by atoms with van der Waals surface area (Å²) >= 11 is 0. The number of hydrogen-bond acceptors (Lipinski definition) is 3. The van der Waals surface area contributed by atoms with Crippen LogP contribution in [-0.2, 0) is 5.41 Å². The Hall–Kier alpha value is -10.2. The molecule has 0 heterocycles. The van der Waals surface area contributed by atoms with Gasteiger partial charge in [-0.2, -0.15) is 0 Å². The number of ether oxygens (including phenoxy) is 3. The van der Waals surface area contributed by atoms with E-state index in [9.17, 15) is 0 Å². The van der Waals surface area contributed by atoms with Crippen molar-refractivity contribution in [3.8, 4) is 45.6 Å². The van der Waals surface area contributed by atoms with Gasteiger partial charge in [-0.1, -0.05) is 159 Å². The summed E-state index contributed by atoms with van der Waals surface area (Å²) < 4.78 is 18.0. The molecule has 13 rings (SSSR count). The fourth-order valence-corrected chi connectivity index (χ4v) is 12.6. The molecule has 3 nitrogen and oxygen atoms in total. The molecule has 0 atom stereocenters. The highest BCUT2D eigenvalue weighted by molar-refractivity contribution is 5.93. The fourth-order valence-electron chi connectivity index (χ4n) is 12.6. The van der Waals surface area contributed by atoms with Gasteiger partial charge in [0, 0.05) is 5.41 Å². The first kappa shape index (κ1) is 79.5. The van der Waals surface area contributed by atoms with Gasteiger partial charge >= 0.3 is 0 Å². The summed E-state index contributed by atoms with van der Waals surface area (Å²) in [5.41, 5.74) is 37.1. The van der Waals surface area contributed by atoms with Crippen molar-refractivity contribution < 1.29 is 14.2 Å². The Morgan fingerprint density at radius 2 is 0.346 bits per heavy atom. The van der Waals surface area contributed by atoms with E-state index in [0.717, 1.165) is 34.5 Å². The second-order valence-corrected chi connectivity index (χ2v) is 30.0. The van der Waals surface area contributed by atoms with Crippen LogP contribution in [-0.4, -0.2) is 0 Å². The summed E-state index contributed by atoms with van der Waals surface area (Å²) in [6, 6.07) is 77.2. The first-order chi connectivity index (χ1) is 49.1. The average Bonchev–Trinajstić information content (AvgIpc) is 0.794. The monoisotopic (exact) mass is 1370 g/mol. The third-order valence-corrected chi connectivity index (χ3v) is 21.3. The summed E-state index contributed by atoms with van der Waals surface area (Å²) in [6.45, 7) is 56.0. The maximum atomic E-state index is 6.06. The Labute approximate surface area is 626 Å². The molecule has 0 aliphatic rings. The van der Waals surface area contributed by atoms with Crippen LogP contribution in [0.3, 0.4) is 0 Å². The standard InChI is InChI=1S/C31H32O2.C16H18O.C16H18.2C14H16.C10H14/c1-21-7-13-29(19-23(21)3)32-27-15-9-25(10-16-27)31(5,6)26-11-17-28(18-12-26)33-30-14-8-22(2)24(4)20-30;1-11-5-7-15(9-13(11)3)17-16-8-6-12(2)14(4)10-16;1-11-5-7-15(9-13(11)3)16-8-6-12(2)14(4)10-16;1-9-5-13-7-11(3)12(4)8-14(13)6-10(9)2;1-9-5-6-11(3)14-12(4)8-7-10(2)13(9)14;1-7-5-9(3)10(4)6-8(7)2/h7-20H,1-6H3;5-10H,1-4H3;5-10H,1-4H3;2*5-8H,1-4H3;5-6H,1-4H3. The van der Waals surface area contributed by atoms with Crippen LogP contribution in [0.15, 0.2) is 218 Å². The van der Waals surface area contributed by atoms with Crippen molar-refractivity contribution in [2.75, 3.05) is 0 Å². The third kappa shape index (κ3) is 21.0. The molecule has 0 N–H and O–H groups in total. The highest BCUT2D eigenvalue weighted by atomic mass is 16.5. The van der Waals surface area contributed by atoms with Crippen molar-refractivity contribution >= 4 is 21.5 Å². The predicted octanol–water partition coefficient (Wildman–Crippen LogP) is 29.2. The zero-order chi connectivity index (χ0) is 76.0. The molecule has 0 bridgehead atoms. The van der Waals surface area contributed by atoms with E-state index in [0.29, 0.717) is 0 Å². The normalized spacial score (nSPS) is 10.8. The highest BCUT2D eigenvalue weighted by Crippen LogP contribution is 2.37. The number of rotatable bonds is 9. The minimum Gasteiger partial charge on any atom is -0.457 e. The van der Waals surface area contributed by atoms with Gasteiger partial charge in [-0.15, -0.1) is 0 Å². The summed E-state index contributed by atoms with van der Waals surface area (Å²) in [4.78, 5) is 0. The molecule has 104 heavy (non-hydrogen) atoms. The summed E-state index contributed by atoms with van der Waals surface area (Å²) in [7, 11) is 0. The summed E-state index contributed by atoms with van der Waals surface area (Å²) in [6.07, 6.45) is 0. The first-order valence-electron chi connectivity index (χ1n) is 36.8. The second-order valence-electron chi connectivity index (χ2n) is 30.0. The van der Waals surface area contributed by atoms with Gasteiger partial charge in [-0.3, -0.25) is 0 Å². The van der Waals surface area contributed by atoms with E-state index in [-0.39, 0.29) is 5.41 Å². The fraction of sp³-hybridized carbons (Fsp3) is 0.267. The molecule has 0 aliphatic carbocycles. The lowest BCUT2D eigenvalue weighted by Crippen LogP contribution is -2.18. The number of aryl methyl sites for hydroxylation is 24. The van der Waals surface area contributed by atoms with Gasteiger partial charge in [0.05, 0.1) is 0 Å². The molecule has 0 spiro atoms. The largest absolute Gasteiger partial charge is 0.457 e.